The van der Waals surface area contributed by atoms with Crippen LogP contribution in [0.25, 0.3) is 22.3 Å². The number of pyridine rings is 1. The van der Waals surface area contributed by atoms with Crippen LogP contribution in [0.5, 0.6) is 0 Å². The largest absolute Gasteiger partial charge is 0.378 e. The summed E-state index contributed by atoms with van der Waals surface area (Å²) in [5.41, 5.74) is 3.23. The van der Waals surface area contributed by atoms with E-state index in [-0.39, 0.29) is 10.9 Å². The van der Waals surface area contributed by atoms with Crippen LogP contribution in [-0.4, -0.2) is 52.1 Å². The van der Waals surface area contributed by atoms with Crippen LogP contribution in [0, 0.1) is 5.82 Å². The van der Waals surface area contributed by atoms with Crippen molar-refractivity contribution < 1.29 is 13.9 Å². The monoisotopic (exact) mass is 505 g/mol. The first-order valence-electron chi connectivity index (χ1n) is 11.9. The number of hydrogen-bond acceptors (Lipinski definition) is 6. The van der Waals surface area contributed by atoms with E-state index in [0.29, 0.717) is 50.1 Å². The van der Waals surface area contributed by atoms with E-state index in [1.807, 2.05) is 35.2 Å². The fourth-order valence-electron chi connectivity index (χ4n) is 4.18. The summed E-state index contributed by atoms with van der Waals surface area (Å²) in [6, 6.07) is 14.2. The number of amides is 1. The zero-order chi connectivity index (χ0) is 24.9. The number of rotatable bonds is 7. The van der Waals surface area contributed by atoms with E-state index in [2.05, 4.69) is 10.3 Å². The Morgan fingerprint density at radius 1 is 1.11 bits per heavy atom. The number of halogens is 2. The van der Waals surface area contributed by atoms with Gasteiger partial charge in [0.1, 0.15) is 11.6 Å². The first-order chi connectivity index (χ1) is 17.6. The van der Waals surface area contributed by atoms with Crippen molar-refractivity contribution in [3.63, 3.8) is 0 Å². The number of aryl methyl sites for hydroxylation is 1. The number of carbonyl (C=O) groups excluding carboxylic acids is 1. The Hall–Kier alpha value is -3.62. The summed E-state index contributed by atoms with van der Waals surface area (Å²) >= 11 is 6.00. The lowest BCUT2D eigenvalue weighted by Gasteiger charge is -2.26. The smallest absolute Gasteiger partial charge is 0.222 e. The minimum Gasteiger partial charge on any atom is -0.378 e. The average Bonchev–Trinajstić information content (AvgIpc) is 2.92. The molecule has 5 rings (SSSR count). The third-order valence-electron chi connectivity index (χ3n) is 6.08. The molecule has 0 saturated carbocycles. The molecule has 1 saturated heterocycles. The summed E-state index contributed by atoms with van der Waals surface area (Å²) in [5.74, 6) is 0.779. The van der Waals surface area contributed by atoms with Crippen molar-refractivity contribution in [2.45, 2.75) is 19.3 Å². The van der Waals surface area contributed by atoms with E-state index in [1.54, 1.807) is 18.5 Å². The average molecular weight is 506 g/mol. The second-order valence-electron chi connectivity index (χ2n) is 8.59. The Bertz CT molecular complexity index is 1380. The Kier molecular flexibility index (Phi) is 7.34. The third kappa shape index (κ3) is 5.61. The number of anilines is 2. The van der Waals surface area contributed by atoms with Crippen molar-refractivity contribution in [3.8, 4) is 11.4 Å². The summed E-state index contributed by atoms with van der Waals surface area (Å²) in [6.07, 6.45) is 5.39. The molecule has 1 fully saturated rings. The fraction of sp³-hybridized carbons (Fsp3) is 0.259. The highest BCUT2D eigenvalue weighted by Crippen LogP contribution is 2.30. The molecular weight excluding hydrogens is 481 g/mol. The quantitative estimate of drug-likeness (QED) is 0.362. The van der Waals surface area contributed by atoms with Gasteiger partial charge in [-0.05, 0) is 60.9 Å². The Labute approximate surface area is 213 Å². The van der Waals surface area contributed by atoms with Gasteiger partial charge in [-0.1, -0.05) is 17.7 Å². The van der Waals surface area contributed by atoms with Gasteiger partial charge < -0.3 is 15.0 Å². The predicted octanol–water partition coefficient (Wildman–Crippen LogP) is 5.41. The molecule has 2 aromatic heterocycles. The second-order valence-corrected chi connectivity index (χ2v) is 9.00. The molecule has 2 aromatic carbocycles. The van der Waals surface area contributed by atoms with Crippen molar-refractivity contribution in [2.24, 2.45) is 0 Å². The van der Waals surface area contributed by atoms with Crippen LogP contribution in [0.3, 0.4) is 0 Å². The number of nitrogens with one attached hydrogen (secondary N) is 1. The van der Waals surface area contributed by atoms with Crippen LogP contribution in [0.15, 0.2) is 60.9 Å². The van der Waals surface area contributed by atoms with Crippen molar-refractivity contribution in [3.05, 3.63) is 77.3 Å². The van der Waals surface area contributed by atoms with E-state index in [1.165, 1.54) is 12.1 Å². The summed E-state index contributed by atoms with van der Waals surface area (Å²) < 4.78 is 19.0. The van der Waals surface area contributed by atoms with E-state index in [9.17, 15) is 9.18 Å². The highest BCUT2D eigenvalue weighted by atomic mass is 35.5. The highest BCUT2D eigenvalue weighted by Gasteiger charge is 2.17. The van der Waals surface area contributed by atoms with Crippen LogP contribution in [-0.2, 0) is 16.0 Å². The molecule has 0 radical (unpaired) electrons. The number of carbonyl (C=O) groups is 1. The molecule has 0 bridgehead atoms. The number of nitrogens with zero attached hydrogens (tertiary/aromatic N) is 4. The van der Waals surface area contributed by atoms with E-state index >= 15 is 0 Å². The van der Waals surface area contributed by atoms with Crippen molar-refractivity contribution in [2.75, 3.05) is 31.6 Å². The number of ether oxygens (including phenoxy) is 1. The van der Waals surface area contributed by atoms with Crippen LogP contribution in [0.2, 0.25) is 5.02 Å². The van der Waals surface area contributed by atoms with Crippen LogP contribution >= 0.6 is 11.6 Å². The topological polar surface area (TPSA) is 80.2 Å². The second kappa shape index (κ2) is 11.0. The minimum atomic E-state index is -0.486. The molecule has 0 aliphatic carbocycles. The summed E-state index contributed by atoms with van der Waals surface area (Å²) in [7, 11) is 0. The highest BCUT2D eigenvalue weighted by molar-refractivity contribution is 6.31. The van der Waals surface area contributed by atoms with Gasteiger partial charge in [0.15, 0.2) is 5.82 Å². The zero-order valence-electron chi connectivity index (χ0n) is 19.6. The molecule has 184 valence electrons. The molecule has 36 heavy (non-hydrogen) atoms. The van der Waals surface area contributed by atoms with Gasteiger partial charge in [0.25, 0.3) is 0 Å². The van der Waals surface area contributed by atoms with Gasteiger partial charge in [-0.25, -0.2) is 14.4 Å². The van der Waals surface area contributed by atoms with E-state index in [4.69, 9.17) is 26.3 Å². The minimum absolute atomic E-state index is 0.0245. The molecule has 0 atom stereocenters. The lowest BCUT2D eigenvalue weighted by molar-refractivity contribution is -0.135. The van der Waals surface area contributed by atoms with Crippen LogP contribution in [0.1, 0.15) is 18.4 Å². The number of fused-ring (bicyclic) bond motifs is 1. The Morgan fingerprint density at radius 3 is 2.75 bits per heavy atom. The van der Waals surface area contributed by atoms with Gasteiger partial charge in [-0.15, -0.1) is 0 Å². The SMILES string of the molecule is O=C(CCCc1ccc2nc(-c3cccnc3)nc(Nc3ccc(F)c(Cl)c3)c2c1)N1CCOCC1. The first kappa shape index (κ1) is 24.1. The molecule has 1 amide bonds. The van der Waals surface area contributed by atoms with Crippen LogP contribution < -0.4 is 5.32 Å². The predicted molar refractivity (Wildman–Crippen MR) is 138 cm³/mol. The molecule has 4 aromatic rings. The number of hydrogen-bond donors (Lipinski definition) is 1. The van der Waals surface area contributed by atoms with Gasteiger partial charge in [0.05, 0.1) is 23.8 Å². The maximum atomic E-state index is 13.7. The van der Waals surface area contributed by atoms with Gasteiger partial charge >= 0.3 is 0 Å². The third-order valence-corrected chi connectivity index (χ3v) is 6.37. The molecule has 1 aliphatic rings. The Balaban J connectivity index is 1.41. The lowest BCUT2D eigenvalue weighted by atomic mass is 10.0. The summed E-state index contributed by atoms with van der Waals surface area (Å²) in [5, 5.41) is 4.12. The van der Waals surface area contributed by atoms with E-state index in [0.717, 1.165) is 34.9 Å². The van der Waals surface area contributed by atoms with Gasteiger partial charge in [0.2, 0.25) is 5.91 Å². The van der Waals surface area contributed by atoms with Gasteiger partial charge in [0, 0.05) is 48.5 Å². The van der Waals surface area contributed by atoms with Gasteiger partial charge in [-0.2, -0.15) is 0 Å². The molecule has 0 spiro atoms. The van der Waals surface area contributed by atoms with Crippen molar-refractivity contribution in [1.82, 2.24) is 19.9 Å². The molecule has 7 nitrogen and oxygen atoms in total. The zero-order valence-corrected chi connectivity index (χ0v) is 20.3. The molecular formula is C27H25ClFN5O2. The van der Waals surface area contributed by atoms with Crippen molar-refractivity contribution in [1.29, 1.82) is 0 Å². The maximum Gasteiger partial charge on any atom is 0.222 e. The molecule has 9 heteroatoms. The Morgan fingerprint density at radius 2 is 1.97 bits per heavy atom. The summed E-state index contributed by atoms with van der Waals surface area (Å²) in [4.78, 5) is 28.0. The lowest BCUT2D eigenvalue weighted by Crippen LogP contribution is -2.40. The molecule has 3 heterocycles. The number of benzene rings is 2. The maximum absolute atomic E-state index is 13.7. The van der Waals surface area contributed by atoms with Crippen LogP contribution in [0.4, 0.5) is 15.9 Å². The fourth-order valence-corrected chi connectivity index (χ4v) is 4.36. The number of aromatic nitrogens is 3. The van der Waals surface area contributed by atoms with Crippen molar-refractivity contribution >= 4 is 39.9 Å². The standard InChI is InChI=1S/C27H25ClFN5O2/c28-22-16-20(7-8-23(22)29)31-27-21-15-18(3-1-5-25(35)34-11-13-36-14-12-34)6-9-24(21)32-26(33-27)19-4-2-10-30-17-19/h2,4,6-10,15-17H,1,3,5,11-14H2,(H,31,32,33). The van der Waals surface area contributed by atoms with Gasteiger partial charge in [-0.3, -0.25) is 9.78 Å². The molecule has 0 unspecified atom stereocenters. The first-order valence-corrected chi connectivity index (χ1v) is 12.2. The normalized spacial score (nSPS) is 13.7. The molecule has 1 aliphatic heterocycles. The molecule has 1 N–H and O–H groups in total. The van der Waals surface area contributed by atoms with E-state index < -0.39 is 5.82 Å². The number of morpholine rings is 1. The summed E-state index contributed by atoms with van der Waals surface area (Å²) in [6.45, 7) is 2.53.